The number of carboxylic acids is 1. The minimum atomic E-state index is -3.78. The molecule has 0 amide bonds. The van der Waals surface area contributed by atoms with E-state index in [1.165, 1.54) is 25.3 Å². The fourth-order valence-corrected chi connectivity index (χ4v) is 4.50. The molecule has 0 unspecified atom stereocenters. The van der Waals surface area contributed by atoms with Crippen LogP contribution in [0.4, 0.5) is 0 Å². The SMILES string of the molecule is COc1ccc(/C=C/C(=O)O)cc1S(=O)(=O)NC1CCN(C(C)C)CC1. The highest BCUT2D eigenvalue weighted by Crippen LogP contribution is 2.26. The second-order valence-corrected chi connectivity index (χ2v) is 8.29. The Bertz CT molecular complexity index is 766. The summed E-state index contributed by atoms with van der Waals surface area (Å²) >= 11 is 0. The van der Waals surface area contributed by atoms with Crippen molar-refractivity contribution < 1.29 is 23.1 Å². The van der Waals surface area contributed by atoms with Crippen LogP contribution in [0.5, 0.6) is 5.75 Å². The van der Waals surface area contributed by atoms with Crippen LogP contribution in [0.25, 0.3) is 6.08 Å². The van der Waals surface area contributed by atoms with E-state index in [9.17, 15) is 13.2 Å². The van der Waals surface area contributed by atoms with E-state index in [1.54, 1.807) is 6.07 Å². The lowest BCUT2D eigenvalue weighted by Gasteiger charge is -2.34. The predicted octanol–water partition coefficient (Wildman–Crippen LogP) is 1.94. The number of piperidine rings is 1. The lowest BCUT2D eigenvalue weighted by Crippen LogP contribution is -2.46. The number of hydrogen-bond acceptors (Lipinski definition) is 5. The number of ether oxygens (including phenoxy) is 1. The van der Waals surface area contributed by atoms with Crippen LogP contribution in [0.2, 0.25) is 0 Å². The summed E-state index contributed by atoms with van der Waals surface area (Å²) < 4.78 is 33.6. The summed E-state index contributed by atoms with van der Waals surface area (Å²) in [5, 5.41) is 8.74. The predicted molar refractivity (Wildman–Crippen MR) is 99.7 cm³/mol. The summed E-state index contributed by atoms with van der Waals surface area (Å²) in [4.78, 5) is 13.0. The van der Waals surface area contributed by atoms with Crippen molar-refractivity contribution in [3.8, 4) is 5.75 Å². The van der Waals surface area contributed by atoms with Gasteiger partial charge in [-0.05, 0) is 63.6 Å². The van der Waals surface area contributed by atoms with Gasteiger partial charge in [-0.1, -0.05) is 6.07 Å². The molecule has 1 aromatic carbocycles. The third kappa shape index (κ3) is 5.30. The molecule has 1 saturated heterocycles. The zero-order valence-corrected chi connectivity index (χ0v) is 16.1. The van der Waals surface area contributed by atoms with Gasteiger partial charge in [-0.2, -0.15) is 0 Å². The topological polar surface area (TPSA) is 95.9 Å². The molecule has 1 aliphatic heterocycles. The van der Waals surface area contributed by atoms with Gasteiger partial charge in [0, 0.05) is 18.2 Å². The summed E-state index contributed by atoms with van der Waals surface area (Å²) in [6.45, 7) is 5.96. The molecule has 1 aliphatic rings. The number of nitrogens with one attached hydrogen (secondary N) is 1. The first-order valence-corrected chi connectivity index (χ1v) is 10.1. The van der Waals surface area contributed by atoms with Crippen LogP contribution in [-0.4, -0.2) is 56.7 Å². The molecule has 7 nitrogen and oxygen atoms in total. The minimum absolute atomic E-state index is 0.0128. The molecule has 0 aromatic heterocycles. The number of likely N-dealkylation sites (tertiary alicyclic amines) is 1. The summed E-state index contributed by atoms with van der Waals surface area (Å²) in [5.41, 5.74) is 0.475. The Morgan fingerprint density at radius 1 is 1.35 bits per heavy atom. The van der Waals surface area contributed by atoms with Crippen molar-refractivity contribution in [3.05, 3.63) is 29.8 Å². The van der Waals surface area contributed by atoms with E-state index in [0.29, 0.717) is 11.6 Å². The number of sulfonamides is 1. The smallest absolute Gasteiger partial charge is 0.328 e. The van der Waals surface area contributed by atoms with Gasteiger partial charge in [0.1, 0.15) is 10.6 Å². The van der Waals surface area contributed by atoms with Gasteiger partial charge >= 0.3 is 5.97 Å². The van der Waals surface area contributed by atoms with Gasteiger partial charge in [0.2, 0.25) is 10.0 Å². The Morgan fingerprint density at radius 3 is 2.54 bits per heavy atom. The molecular formula is C18H26N2O5S. The maximum absolute atomic E-state index is 12.8. The maximum Gasteiger partial charge on any atom is 0.328 e. The highest BCUT2D eigenvalue weighted by atomic mass is 32.2. The van der Waals surface area contributed by atoms with E-state index in [2.05, 4.69) is 23.5 Å². The van der Waals surface area contributed by atoms with Crippen molar-refractivity contribution in [1.82, 2.24) is 9.62 Å². The van der Waals surface area contributed by atoms with Crippen LogP contribution >= 0.6 is 0 Å². The zero-order chi connectivity index (χ0) is 19.3. The highest BCUT2D eigenvalue weighted by molar-refractivity contribution is 7.89. The van der Waals surface area contributed by atoms with Crippen molar-refractivity contribution in [2.45, 2.75) is 43.7 Å². The highest BCUT2D eigenvalue weighted by Gasteiger charge is 2.27. The Kier molecular flexibility index (Phi) is 6.80. The van der Waals surface area contributed by atoms with Crippen LogP contribution in [0.15, 0.2) is 29.2 Å². The number of rotatable bonds is 7. The first kappa shape index (κ1) is 20.4. The number of hydrogen-bond donors (Lipinski definition) is 2. The average Bonchev–Trinajstić information content (AvgIpc) is 2.59. The van der Waals surface area contributed by atoms with Gasteiger partial charge in [0.25, 0.3) is 0 Å². The molecule has 1 heterocycles. The lowest BCUT2D eigenvalue weighted by molar-refractivity contribution is -0.131. The van der Waals surface area contributed by atoms with Gasteiger partial charge < -0.3 is 14.7 Å². The summed E-state index contributed by atoms with van der Waals surface area (Å²) in [6, 6.07) is 4.88. The number of methoxy groups -OCH3 is 1. The second kappa shape index (κ2) is 8.66. The number of carbonyl (C=O) groups is 1. The first-order valence-electron chi connectivity index (χ1n) is 8.58. The molecule has 2 N–H and O–H groups in total. The third-order valence-electron chi connectivity index (χ3n) is 4.48. The molecule has 0 radical (unpaired) electrons. The molecule has 144 valence electrons. The van der Waals surface area contributed by atoms with E-state index >= 15 is 0 Å². The molecular weight excluding hydrogens is 356 g/mol. The van der Waals surface area contributed by atoms with Crippen LogP contribution in [0.1, 0.15) is 32.3 Å². The van der Waals surface area contributed by atoms with Crippen molar-refractivity contribution in [2.75, 3.05) is 20.2 Å². The molecule has 1 aromatic rings. The molecule has 8 heteroatoms. The van der Waals surface area contributed by atoms with E-state index in [-0.39, 0.29) is 16.7 Å². The fraction of sp³-hybridized carbons (Fsp3) is 0.500. The van der Waals surface area contributed by atoms with E-state index < -0.39 is 16.0 Å². The van der Waals surface area contributed by atoms with Gasteiger partial charge in [-0.3, -0.25) is 0 Å². The lowest BCUT2D eigenvalue weighted by atomic mass is 10.1. The number of carboxylic acid groups (broad SMARTS) is 1. The summed E-state index contributed by atoms with van der Waals surface area (Å²) in [6.07, 6.45) is 3.81. The fourth-order valence-electron chi connectivity index (χ4n) is 2.99. The Morgan fingerprint density at radius 2 is 2.00 bits per heavy atom. The van der Waals surface area contributed by atoms with E-state index in [1.807, 2.05) is 0 Å². The van der Waals surface area contributed by atoms with Crippen molar-refractivity contribution in [1.29, 1.82) is 0 Å². The normalized spacial score (nSPS) is 17.1. The van der Waals surface area contributed by atoms with Crippen LogP contribution in [0.3, 0.4) is 0 Å². The van der Waals surface area contributed by atoms with E-state index in [4.69, 9.17) is 9.84 Å². The van der Waals surface area contributed by atoms with E-state index in [0.717, 1.165) is 32.0 Å². The van der Waals surface area contributed by atoms with Gasteiger partial charge in [0.05, 0.1) is 7.11 Å². The molecule has 0 saturated carbocycles. The Hall–Kier alpha value is -1.90. The van der Waals surface area contributed by atoms with Crippen molar-refractivity contribution in [2.24, 2.45) is 0 Å². The molecule has 0 aliphatic carbocycles. The summed E-state index contributed by atoms with van der Waals surface area (Å²) in [5.74, 6) is -0.871. The van der Waals surface area contributed by atoms with Crippen molar-refractivity contribution in [3.63, 3.8) is 0 Å². The van der Waals surface area contributed by atoms with Gasteiger partial charge in [-0.25, -0.2) is 17.9 Å². The molecule has 1 fully saturated rings. The van der Waals surface area contributed by atoms with Crippen LogP contribution < -0.4 is 9.46 Å². The number of aliphatic carboxylic acids is 1. The first-order chi connectivity index (χ1) is 12.2. The third-order valence-corrected chi connectivity index (χ3v) is 6.02. The van der Waals surface area contributed by atoms with Crippen molar-refractivity contribution >= 4 is 22.1 Å². The zero-order valence-electron chi connectivity index (χ0n) is 15.3. The van der Waals surface area contributed by atoms with Gasteiger partial charge in [0.15, 0.2) is 0 Å². The molecule has 26 heavy (non-hydrogen) atoms. The molecule has 0 atom stereocenters. The number of nitrogens with zero attached hydrogens (tertiary/aromatic N) is 1. The molecule has 0 spiro atoms. The average molecular weight is 382 g/mol. The second-order valence-electron chi connectivity index (χ2n) is 6.61. The standard InChI is InChI=1S/C18H26N2O5S/c1-13(2)20-10-8-15(9-11-20)19-26(23,24)17-12-14(5-7-18(21)22)4-6-16(17)25-3/h4-7,12-13,15,19H,8-11H2,1-3H3,(H,21,22)/b7-5+. The molecule has 2 rings (SSSR count). The Balaban J connectivity index is 2.19. The van der Waals surface area contributed by atoms with Gasteiger partial charge in [-0.15, -0.1) is 0 Å². The largest absolute Gasteiger partial charge is 0.495 e. The van der Waals surface area contributed by atoms with Crippen LogP contribution in [-0.2, 0) is 14.8 Å². The number of benzene rings is 1. The monoisotopic (exact) mass is 382 g/mol. The summed E-state index contributed by atoms with van der Waals surface area (Å²) in [7, 11) is -2.37. The Labute approximate surface area is 154 Å². The van der Waals surface area contributed by atoms with Crippen LogP contribution in [0, 0.1) is 0 Å². The molecule has 0 bridgehead atoms. The minimum Gasteiger partial charge on any atom is -0.495 e. The maximum atomic E-state index is 12.8. The quantitative estimate of drug-likeness (QED) is 0.700.